The summed E-state index contributed by atoms with van der Waals surface area (Å²) >= 11 is 0. The van der Waals surface area contributed by atoms with E-state index in [9.17, 15) is 0 Å². The van der Waals surface area contributed by atoms with Gasteiger partial charge < -0.3 is 8.83 Å². The quantitative estimate of drug-likeness (QED) is 0.187. The fourth-order valence-corrected chi connectivity index (χ4v) is 6.92. The van der Waals surface area contributed by atoms with Gasteiger partial charge in [-0.1, -0.05) is 127 Å². The van der Waals surface area contributed by atoms with Crippen LogP contribution in [0.5, 0.6) is 0 Å². The molecule has 0 radical (unpaired) electrons. The van der Waals surface area contributed by atoms with Crippen molar-refractivity contribution in [1.29, 1.82) is 0 Å². The highest BCUT2D eigenvalue weighted by Crippen LogP contribution is 2.40. The highest BCUT2D eigenvalue weighted by molar-refractivity contribution is 6.18. The second-order valence-electron chi connectivity index (χ2n) is 12.4. The number of furan rings is 2. The number of para-hydroxylation sites is 1. The molecule has 0 atom stereocenters. The van der Waals surface area contributed by atoms with E-state index in [2.05, 4.69) is 115 Å². The molecule has 0 fully saturated rings. The van der Waals surface area contributed by atoms with Gasteiger partial charge in [0.1, 0.15) is 22.3 Å². The average Bonchev–Trinajstić information content (AvgIpc) is 3.75. The lowest BCUT2D eigenvalue weighted by Crippen LogP contribution is -2.00. The van der Waals surface area contributed by atoms with Crippen LogP contribution in [-0.2, 0) is 0 Å². The van der Waals surface area contributed by atoms with Crippen molar-refractivity contribution >= 4 is 43.9 Å². The molecule has 10 aromatic rings. The molecule has 5 nitrogen and oxygen atoms in total. The Morgan fingerprint density at radius 3 is 1.48 bits per heavy atom. The Hall–Kier alpha value is -6.85. The smallest absolute Gasteiger partial charge is 0.164 e. The first-order valence-corrected chi connectivity index (χ1v) is 16.6. The molecule has 7 aromatic carbocycles. The van der Waals surface area contributed by atoms with Crippen LogP contribution in [0.4, 0.5) is 0 Å². The van der Waals surface area contributed by atoms with E-state index in [-0.39, 0.29) is 0 Å². The van der Waals surface area contributed by atoms with Crippen LogP contribution < -0.4 is 0 Å². The molecule has 0 aliphatic heterocycles. The molecule has 0 amide bonds. The number of hydrogen-bond donors (Lipinski definition) is 0. The van der Waals surface area contributed by atoms with E-state index in [0.717, 1.165) is 82.8 Å². The van der Waals surface area contributed by atoms with Crippen LogP contribution in [0.25, 0.3) is 100 Å². The monoisotopic (exact) mass is 641 g/mol. The molecule has 0 bridgehead atoms. The third-order valence-corrected chi connectivity index (χ3v) is 9.33. The molecule has 0 spiro atoms. The Labute approximate surface area is 287 Å². The number of rotatable bonds is 5. The Morgan fingerprint density at radius 1 is 0.300 bits per heavy atom. The standard InChI is InChI=1S/C45H27N3O2/c1-3-12-28(13-4-1)30-16-9-18-32(24-30)43-46-44(33-19-10-17-31(25-33)29-14-5-2-6-15-29)48-45(47-43)35-21-11-23-39-42(35)37-26-36-34-20-7-8-22-38(34)49-40(36)27-41(37)50-39/h1-27H. The second kappa shape index (κ2) is 11.4. The minimum absolute atomic E-state index is 0.575. The van der Waals surface area contributed by atoms with E-state index in [1.165, 1.54) is 0 Å². The number of aromatic nitrogens is 3. The largest absolute Gasteiger partial charge is 0.456 e. The first-order valence-electron chi connectivity index (χ1n) is 16.6. The maximum absolute atomic E-state index is 6.45. The lowest BCUT2D eigenvalue weighted by molar-refractivity contribution is 0.656. The van der Waals surface area contributed by atoms with Gasteiger partial charge in [-0.25, -0.2) is 15.0 Å². The predicted octanol–water partition coefficient (Wildman–Crippen LogP) is 12.0. The summed E-state index contributed by atoms with van der Waals surface area (Å²) in [5.41, 5.74) is 10.3. The fourth-order valence-electron chi connectivity index (χ4n) is 6.92. The van der Waals surface area contributed by atoms with Crippen molar-refractivity contribution in [2.75, 3.05) is 0 Å². The van der Waals surface area contributed by atoms with Crippen molar-refractivity contribution in [3.8, 4) is 56.4 Å². The van der Waals surface area contributed by atoms with E-state index in [1.54, 1.807) is 0 Å². The van der Waals surface area contributed by atoms with Crippen LogP contribution in [0.2, 0.25) is 0 Å². The summed E-state index contributed by atoms with van der Waals surface area (Å²) in [6, 6.07) is 55.8. The van der Waals surface area contributed by atoms with Gasteiger partial charge in [0.2, 0.25) is 0 Å². The maximum Gasteiger partial charge on any atom is 0.164 e. The van der Waals surface area contributed by atoms with Crippen molar-refractivity contribution in [3.63, 3.8) is 0 Å². The molecule has 10 rings (SSSR count). The third-order valence-electron chi connectivity index (χ3n) is 9.33. The molecule has 234 valence electrons. The number of benzene rings is 7. The van der Waals surface area contributed by atoms with Crippen LogP contribution in [0.1, 0.15) is 0 Å². The molecule has 0 aliphatic rings. The van der Waals surface area contributed by atoms with Gasteiger partial charge in [0, 0.05) is 44.3 Å². The summed E-state index contributed by atoms with van der Waals surface area (Å²) in [6.07, 6.45) is 0. The van der Waals surface area contributed by atoms with E-state index in [4.69, 9.17) is 23.8 Å². The molecular formula is C45H27N3O2. The third kappa shape index (κ3) is 4.75. The molecule has 3 aromatic heterocycles. The zero-order valence-electron chi connectivity index (χ0n) is 26.7. The van der Waals surface area contributed by atoms with E-state index in [1.807, 2.05) is 48.5 Å². The molecule has 0 unspecified atom stereocenters. The molecule has 0 N–H and O–H groups in total. The Morgan fingerprint density at radius 2 is 0.800 bits per heavy atom. The van der Waals surface area contributed by atoms with Crippen LogP contribution in [0, 0.1) is 0 Å². The second-order valence-corrected chi connectivity index (χ2v) is 12.4. The van der Waals surface area contributed by atoms with E-state index in [0.29, 0.717) is 17.5 Å². The van der Waals surface area contributed by atoms with Crippen LogP contribution in [-0.4, -0.2) is 15.0 Å². The summed E-state index contributed by atoms with van der Waals surface area (Å²) in [5.74, 6) is 1.77. The van der Waals surface area contributed by atoms with Gasteiger partial charge in [0.15, 0.2) is 17.5 Å². The molecule has 0 aliphatic carbocycles. The molecule has 5 heteroatoms. The van der Waals surface area contributed by atoms with Crippen molar-refractivity contribution in [1.82, 2.24) is 15.0 Å². The molecule has 0 saturated heterocycles. The van der Waals surface area contributed by atoms with Gasteiger partial charge in [0.05, 0.1) is 0 Å². The Kier molecular flexibility index (Phi) is 6.42. The first-order chi connectivity index (χ1) is 24.7. The van der Waals surface area contributed by atoms with Gasteiger partial charge in [-0.05, 0) is 52.6 Å². The lowest BCUT2D eigenvalue weighted by Gasteiger charge is -2.11. The zero-order chi connectivity index (χ0) is 33.0. The SMILES string of the molecule is c1ccc(-c2cccc(-c3nc(-c4cccc(-c5ccccc5)c4)nc(-c4cccc5oc6cc7oc8ccccc8c7cc6c45)n3)c2)cc1. The summed E-state index contributed by atoms with van der Waals surface area (Å²) in [6.45, 7) is 0. The van der Waals surface area contributed by atoms with E-state index >= 15 is 0 Å². The van der Waals surface area contributed by atoms with Gasteiger partial charge in [-0.2, -0.15) is 0 Å². The van der Waals surface area contributed by atoms with Crippen LogP contribution in [0.15, 0.2) is 173 Å². The molecule has 50 heavy (non-hydrogen) atoms. The van der Waals surface area contributed by atoms with Gasteiger partial charge in [-0.15, -0.1) is 0 Å². The fraction of sp³-hybridized carbons (Fsp3) is 0. The topological polar surface area (TPSA) is 65.0 Å². The van der Waals surface area contributed by atoms with Gasteiger partial charge in [-0.3, -0.25) is 0 Å². The summed E-state index contributed by atoms with van der Waals surface area (Å²) in [7, 11) is 0. The van der Waals surface area contributed by atoms with Crippen molar-refractivity contribution in [3.05, 3.63) is 164 Å². The van der Waals surface area contributed by atoms with Crippen molar-refractivity contribution < 1.29 is 8.83 Å². The highest BCUT2D eigenvalue weighted by atomic mass is 16.3. The number of fused-ring (bicyclic) bond motifs is 6. The Balaban J connectivity index is 1.21. The summed E-state index contributed by atoms with van der Waals surface area (Å²) in [4.78, 5) is 15.5. The highest BCUT2D eigenvalue weighted by Gasteiger charge is 2.20. The van der Waals surface area contributed by atoms with Gasteiger partial charge >= 0.3 is 0 Å². The molecule has 3 heterocycles. The minimum atomic E-state index is 0.575. The average molecular weight is 642 g/mol. The minimum Gasteiger partial charge on any atom is -0.456 e. The number of hydrogen-bond acceptors (Lipinski definition) is 5. The van der Waals surface area contributed by atoms with Crippen LogP contribution in [0.3, 0.4) is 0 Å². The zero-order valence-corrected chi connectivity index (χ0v) is 26.7. The van der Waals surface area contributed by atoms with Gasteiger partial charge in [0.25, 0.3) is 0 Å². The van der Waals surface area contributed by atoms with E-state index < -0.39 is 0 Å². The summed E-state index contributed by atoms with van der Waals surface area (Å²) < 4.78 is 12.6. The number of nitrogens with zero attached hydrogens (tertiary/aromatic N) is 3. The Bertz CT molecular complexity index is 2770. The molecular weight excluding hydrogens is 615 g/mol. The maximum atomic E-state index is 6.45. The predicted molar refractivity (Wildman–Crippen MR) is 202 cm³/mol. The first kappa shape index (κ1) is 28.2. The van der Waals surface area contributed by atoms with Crippen molar-refractivity contribution in [2.45, 2.75) is 0 Å². The molecule has 0 saturated carbocycles. The summed E-state index contributed by atoms with van der Waals surface area (Å²) in [5, 5.41) is 4.04. The van der Waals surface area contributed by atoms with Crippen molar-refractivity contribution in [2.24, 2.45) is 0 Å². The van der Waals surface area contributed by atoms with Crippen LogP contribution >= 0.6 is 0 Å². The normalized spacial score (nSPS) is 11.6. The lowest BCUT2D eigenvalue weighted by atomic mass is 10.0.